The number of hydrogen-bond donors (Lipinski definition) is 0. The highest BCUT2D eigenvalue weighted by Crippen LogP contribution is 2.42. The molecule has 0 radical (unpaired) electrons. The second kappa shape index (κ2) is 15.4. The first kappa shape index (κ1) is 35.5. The molecular weight excluding hydrogens is 724 g/mol. The molecule has 0 aliphatic carbocycles. The van der Waals surface area contributed by atoms with Gasteiger partial charge in [0.15, 0.2) is 12.3 Å². The van der Waals surface area contributed by atoms with Crippen molar-refractivity contribution in [2.24, 2.45) is 0 Å². The highest BCUT2D eigenvalue weighted by Gasteiger charge is 2.29. The topological polar surface area (TPSA) is 128 Å². The summed E-state index contributed by atoms with van der Waals surface area (Å²) in [7, 11) is -4.74. The fourth-order valence-corrected chi connectivity index (χ4v) is 7.41. The summed E-state index contributed by atoms with van der Waals surface area (Å²) >= 11 is 7.22. The quantitative estimate of drug-likeness (QED) is 0.0399. The van der Waals surface area contributed by atoms with Gasteiger partial charge in [-0.1, -0.05) is 91.3 Å². The summed E-state index contributed by atoms with van der Waals surface area (Å²) in [4.78, 5) is 2.18. The van der Waals surface area contributed by atoms with Crippen LogP contribution in [0.2, 0.25) is 5.02 Å². The van der Waals surface area contributed by atoms with E-state index in [1.807, 2.05) is 90.4 Å². The molecule has 0 saturated carbocycles. The predicted octanol–water partition coefficient (Wildman–Crippen LogP) is 7.96. The summed E-state index contributed by atoms with van der Waals surface area (Å²) in [6, 6.07) is 34.9. The van der Waals surface area contributed by atoms with Crippen LogP contribution in [0, 0.1) is 0 Å². The van der Waals surface area contributed by atoms with Gasteiger partial charge in [0.25, 0.3) is 5.52 Å². The Morgan fingerprint density at radius 2 is 1.67 bits per heavy atom. The molecule has 7 rings (SSSR count). The third-order valence-electron chi connectivity index (χ3n) is 8.58. The van der Waals surface area contributed by atoms with E-state index in [2.05, 4.69) is 15.4 Å². The molecule has 0 unspecified atom stereocenters. The van der Waals surface area contributed by atoms with E-state index in [9.17, 15) is 18.2 Å². The minimum atomic E-state index is -4.74. The monoisotopic (exact) mass is 753 g/mol. The smallest absolute Gasteiger partial charge is 0.374 e. The second-order valence-electron chi connectivity index (χ2n) is 11.8. The van der Waals surface area contributed by atoms with Crippen molar-refractivity contribution in [1.29, 1.82) is 0 Å². The van der Waals surface area contributed by atoms with Crippen molar-refractivity contribution in [1.82, 2.24) is 0 Å². The largest absolute Gasteiger partial charge is 0.744 e. The van der Waals surface area contributed by atoms with E-state index in [1.165, 1.54) is 12.1 Å². The third kappa shape index (κ3) is 7.64. The Hall–Kier alpha value is -4.92. The van der Waals surface area contributed by atoms with Crippen LogP contribution in [0.5, 0.6) is 5.75 Å². The van der Waals surface area contributed by atoms with E-state index in [0.717, 1.165) is 39.8 Å². The summed E-state index contributed by atoms with van der Waals surface area (Å²) in [5, 5.41) is 14.8. The number of allylic oxidation sites excluding steroid dienone is 2. The van der Waals surface area contributed by atoms with Gasteiger partial charge in [0, 0.05) is 27.6 Å². The first-order chi connectivity index (χ1) is 25.2. The van der Waals surface area contributed by atoms with E-state index in [0.29, 0.717) is 57.2 Å². The fourth-order valence-electron chi connectivity index (χ4n) is 6.07. The van der Waals surface area contributed by atoms with Crippen LogP contribution in [0.25, 0.3) is 28.3 Å². The number of oxazole rings is 1. The molecule has 0 saturated heterocycles. The maximum absolute atomic E-state index is 12.2. The molecule has 5 aromatic carbocycles. The van der Waals surface area contributed by atoms with Gasteiger partial charge in [-0.25, -0.2) is 8.42 Å². The number of nitrogens with zero attached hydrogens (tertiary/aromatic N) is 2. The summed E-state index contributed by atoms with van der Waals surface area (Å²) in [6.45, 7) is 2.39. The highest BCUT2D eigenvalue weighted by atomic mass is 35.5. The molecule has 52 heavy (non-hydrogen) atoms. The Morgan fingerprint density at radius 3 is 2.44 bits per heavy atom. The SMILES string of the molecule is CCC(=Cc1oc2ccc(-c3ccccc3)cc2[n+]1Cc1ccccc1SOO[O-])C=C1Oc2ccc(Cl)cc2N1Cc1ccccc1S(=O)(=O)[O-]. The van der Waals surface area contributed by atoms with E-state index >= 15 is 0 Å². The number of benzene rings is 5. The van der Waals surface area contributed by atoms with Gasteiger partial charge in [-0.3, -0.25) is 5.04 Å². The first-order valence-electron chi connectivity index (χ1n) is 16.2. The molecule has 2 heterocycles. The Labute approximate surface area is 309 Å². The van der Waals surface area contributed by atoms with Gasteiger partial charge >= 0.3 is 5.89 Å². The van der Waals surface area contributed by atoms with Crippen molar-refractivity contribution < 1.29 is 41.3 Å². The Balaban J connectivity index is 1.34. The van der Waals surface area contributed by atoms with Gasteiger partial charge in [0.1, 0.15) is 10.1 Å². The molecule has 0 bridgehead atoms. The van der Waals surface area contributed by atoms with Crippen molar-refractivity contribution in [2.45, 2.75) is 36.2 Å². The summed E-state index contributed by atoms with van der Waals surface area (Å²) < 4.78 is 56.0. The molecule has 0 spiro atoms. The number of halogens is 1. The van der Waals surface area contributed by atoms with Crippen LogP contribution in [0.4, 0.5) is 5.69 Å². The van der Waals surface area contributed by atoms with Gasteiger partial charge in [-0.15, -0.1) is 0 Å². The average molecular weight is 754 g/mol. The Morgan fingerprint density at radius 1 is 0.923 bits per heavy atom. The lowest BCUT2D eigenvalue weighted by atomic mass is 10.1. The van der Waals surface area contributed by atoms with Crippen LogP contribution in [0.3, 0.4) is 0 Å². The maximum Gasteiger partial charge on any atom is 0.374 e. The van der Waals surface area contributed by atoms with Crippen molar-refractivity contribution in [2.75, 3.05) is 4.90 Å². The van der Waals surface area contributed by atoms with Crippen molar-refractivity contribution >= 4 is 56.6 Å². The molecule has 0 amide bonds. The third-order valence-corrected chi connectivity index (χ3v) is 10.5. The molecule has 1 aliphatic heterocycles. The molecule has 1 aromatic heterocycles. The second-order valence-corrected chi connectivity index (χ2v) is 14.3. The minimum absolute atomic E-state index is 0.0321. The van der Waals surface area contributed by atoms with Crippen LogP contribution in [0.15, 0.2) is 147 Å². The molecule has 0 atom stereocenters. The lowest BCUT2D eigenvalue weighted by molar-refractivity contribution is -0.777. The summed E-state index contributed by atoms with van der Waals surface area (Å²) in [5.41, 5.74) is 6.18. The van der Waals surface area contributed by atoms with Gasteiger partial charge in [-0.2, -0.15) is 8.90 Å². The number of fused-ring (bicyclic) bond motifs is 2. The maximum atomic E-state index is 12.2. The zero-order chi connectivity index (χ0) is 36.2. The van der Waals surface area contributed by atoms with Crippen LogP contribution < -0.4 is 19.5 Å². The molecule has 13 heteroatoms. The van der Waals surface area contributed by atoms with Crippen molar-refractivity contribution in [3.63, 3.8) is 0 Å². The number of ether oxygens (including phenoxy) is 1. The van der Waals surface area contributed by atoms with Gasteiger partial charge in [-0.05, 0) is 65.1 Å². The minimum Gasteiger partial charge on any atom is -0.744 e. The van der Waals surface area contributed by atoms with E-state index in [1.54, 1.807) is 35.2 Å². The zero-order valence-corrected chi connectivity index (χ0v) is 30.0. The zero-order valence-electron chi connectivity index (χ0n) is 27.6. The fraction of sp³-hybridized carbons (Fsp3) is 0.103. The standard InChI is InChI=1S/C39H31ClN2O8S2/c1-2-26(21-39-42(33-23-31(40)17-19-35(33)48-39)25-30-13-7-9-15-37(30)52(44,45)46)20-38-41(24-29-12-6-8-14-36(29)51-50-49-43)32-22-28(16-18-34(32)47-38)27-10-4-3-5-11-27/h3-23H,2,24-25H2,1H3,(H-,43,44,45,46)/p-1. The first-order valence-corrected chi connectivity index (χ1v) is 18.7. The lowest BCUT2D eigenvalue weighted by Gasteiger charge is -2.21. The highest BCUT2D eigenvalue weighted by molar-refractivity contribution is 7.94. The molecule has 264 valence electrons. The molecule has 1 aliphatic rings. The summed E-state index contributed by atoms with van der Waals surface area (Å²) in [5.74, 6) is 1.48. The van der Waals surface area contributed by atoms with Crippen LogP contribution >= 0.6 is 23.6 Å². The molecule has 10 nitrogen and oxygen atoms in total. The summed E-state index contributed by atoms with van der Waals surface area (Å²) in [6.07, 6.45) is 4.35. The van der Waals surface area contributed by atoms with E-state index in [-0.39, 0.29) is 11.4 Å². The molecule has 0 fully saturated rings. The van der Waals surface area contributed by atoms with Gasteiger partial charge < -0.3 is 23.9 Å². The lowest BCUT2D eigenvalue weighted by Crippen LogP contribution is -2.36. The van der Waals surface area contributed by atoms with E-state index < -0.39 is 10.1 Å². The number of hydrogen-bond acceptors (Lipinski definition) is 10. The molecule has 6 aromatic rings. The number of anilines is 1. The predicted molar refractivity (Wildman–Crippen MR) is 194 cm³/mol. The van der Waals surface area contributed by atoms with Crippen molar-refractivity contribution in [3.05, 3.63) is 155 Å². The molecular formula is C39H30ClN2O8S2-. The number of rotatable bonds is 12. The Kier molecular flexibility index (Phi) is 10.5. The van der Waals surface area contributed by atoms with Gasteiger partial charge in [0.2, 0.25) is 11.5 Å². The van der Waals surface area contributed by atoms with Crippen molar-refractivity contribution in [3.8, 4) is 16.9 Å². The van der Waals surface area contributed by atoms with Crippen LogP contribution in [-0.2, 0) is 32.6 Å². The normalized spacial score (nSPS) is 13.9. The van der Waals surface area contributed by atoms with E-state index in [4.69, 9.17) is 20.8 Å². The Bertz CT molecular complexity index is 2430. The van der Waals surface area contributed by atoms with Crippen LogP contribution in [0.1, 0.15) is 30.4 Å². The molecule has 0 N–H and O–H groups in total. The average Bonchev–Trinajstić information content (AvgIpc) is 3.66. The van der Waals surface area contributed by atoms with Gasteiger partial charge in [0.05, 0.1) is 35.2 Å². The van der Waals surface area contributed by atoms with Crippen LogP contribution in [-0.4, -0.2) is 13.0 Å². The number of aromatic nitrogens is 1.